The molecule has 144 valence electrons. The third kappa shape index (κ3) is 5.26. The van der Waals surface area contributed by atoms with Crippen molar-refractivity contribution in [3.05, 3.63) is 52.2 Å². The van der Waals surface area contributed by atoms with Crippen molar-refractivity contribution in [2.24, 2.45) is 5.92 Å². The predicted octanol–water partition coefficient (Wildman–Crippen LogP) is 3.52. The topological polar surface area (TPSA) is 58.6 Å². The van der Waals surface area contributed by atoms with E-state index in [2.05, 4.69) is 10.1 Å². The number of amides is 2. The zero-order valence-corrected chi connectivity index (χ0v) is 15.4. The van der Waals surface area contributed by atoms with Crippen LogP contribution in [0.5, 0.6) is 5.75 Å². The molecule has 0 radical (unpaired) electrons. The fourth-order valence-corrected chi connectivity index (χ4v) is 3.71. The van der Waals surface area contributed by atoms with E-state index in [1.54, 1.807) is 17.0 Å². The van der Waals surface area contributed by atoms with Gasteiger partial charge >= 0.3 is 6.61 Å². The Morgan fingerprint density at radius 3 is 2.48 bits per heavy atom. The van der Waals surface area contributed by atoms with Crippen LogP contribution in [0, 0.1) is 5.92 Å². The Balaban J connectivity index is 1.43. The van der Waals surface area contributed by atoms with Crippen LogP contribution in [0.1, 0.15) is 28.1 Å². The number of ether oxygens (including phenoxy) is 1. The van der Waals surface area contributed by atoms with Crippen LogP contribution < -0.4 is 10.1 Å². The van der Waals surface area contributed by atoms with E-state index in [-0.39, 0.29) is 23.5 Å². The molecule has 0 atom stereocenters. The molecule has 1 aromatic heterocycles. The summed E-state index contributed by atoms with van der Waals surface area (Å²) in [5.41, 5.74) is 0.801. The minimum atomic E-state index is -2.85. The summed E-state index contributed by atoms with van der Waals surface area (Å²) in [6.45, 7) is -1.40. The molecule has 8 heteroatoms. The molecule has 5 nitrogen and oxygen atoms in total. The number of piperidine rings is 1. The molecule has 1 aromatic carbocycles. The molecule has 1 aliphatic rings. The first-order chi connectivity index (χ1) is 13.0. The highest BCUT2D eigenvalue weighted by atomic mass is 32.1. The highest BCUT2D eigenvalue weighted by Gasteiger charge is 2.27. The number of benzene rings is 1. The number of nitrogens with one attached hydrogen (secondary N) is 1. The van der Waals surface area contributed by atoms with E-state index in [1.807, 2.05) is 17.5 Å². The van der Waals surface area contributed by atoms with Crippen LogP contribution in [0.3, 0.4) is 0 Å². The highest BCUT2D eigenvalue weighted by molar-refractivity contribution is 7.12. The lowest BCUT2D eigenvalue weighted by molar-refractivity contribution is -0.126. The van der Waals surface area contributed by atoms with Gasteiger partial charge in [0.2, 0.25) is 5.91 Å². The van der Waals surface area contributed by atoms with Crippen molar-refractivity contribution in [2.45, 2.75) is 26.0 Å². The van der Waals surface area contributed by atoms with Gasteiger partial charge in [-0.15, -0.1) is 11.3 Å². The maximum Gasteiger partial charge on any atom is 0.387 e. The number of carbonyl (C=O) groups is 2. The van der Waals surface area contributed by atoms with Crippen molar-refractivity contribution in [1.29, 1.82) is 0 Å². The van der Waals surface area contributed by atoms with E-state index in [0.717, 1.165) is 10.4 Å². The van der Waals surface area contributed by atoms with Crippen LogP contribution in [0.2, 0.25) is 0 Å². The number of alkyl halides is 2. The number of nitrogens with zero attached hydrogens (tertiary/aromatic N) is 1. The molecular formula is C19H20F2N2O3S. The van der Waals surface area contributed by atoms with Gasteiger partial charge in [-0.3, -0.25) is 9.59 Å². The maximum atomic E-state index is 12.4. The Morgan fingerprint density at radius 1 is 1.19 bits per heavy atom. The summed E-state index contributed by atoms with van der Waals surface area (Å²) in [6.07, 6.45) is 1.26. The molecule has 0 spiro atoms. The monoisotopic (exact) mass is 394 g/mol. The molecule has 1 N–H and O–H groups in total. The summed E-state index contributed by atoms with van der Waals surface area (Å²) in [4.78, 5) is 27.2. The predicted molar refractivity (Wildman–Crippen MR) is 97.9 cm³/mol. The summed E-state index contributed by atoms with van der Waals surface area (Å²) in [5.74, 6) is -0.0669. The second-order valence-corrected chi connectivity index (χ2v) is 7.23. The van der Waals surface area contributed by atoms with Gasteiger partial charge in [0.05, 0.1) is 4.88 Å². The van der Waals surface area contributed by atoms with Gasteiger partial charge in [0.1, 0.15) is 5.75 Å². The average molecular weight is 394 g/mol. The molecular weight excluding hydrogens is 374 g/mol. The molecule has 0 saturated carbocycles. The van der Waals surface area contributed by atoms with E-state index in [1.165, 1.54) is 23.5 Å². The number of carbonyl (C=O) groups excluding carboxylic acids is 2. The second-order valence-electron chi connectivity index (χ2n) is 6.28. The normalized spacial score (nSPS) is 15.0. The Hall–Kier alpha value is -2.48. The molecule has 1 saturated heterocycles. The van der Waals surface area contributed by atoms with E-state index in [0.29, 0.717) is 32.5 Å². The van der Waals surface area contributed by atoms with Gasteiger partial charge in [0.25, 0.3) is 5.91 Å². The quantitative estimate of drug-likeness (QED) is 0.816. The number of rotatable bonds is 6. The van der Waals surface area contributed by atoms with Gasteiger partial charge in [-0.05, 0) is 42.0 Å². The van der Waals surface area contributed by atoms with Gasteiger partial charge in [-0.1, -0.05) is 18.2 Å². The van der Waals surface area contributed by atoms with Gasteiger partial charge in [-0.25, -0.2) is 0 Å². The Morgan fingerprint density at radius 2 is 1.89 bits per heavy atom. The molecule has 2 heterocycles. The van der Waals surface area contributed by atoms with Crippen molar-refractivity contribution < 1.29 is 23.1 Å². The van der Waals surface area contributed by atoms with Crippen molar-refractivity contribution in [3.8, 4) is 5.75 Å². The minimum Gasteiger partial charge on any atom is -0.435 e. The van der Waals surface area contributed by atoms with Crippen LogP contribution in [0.15, 0.2) is 41.8 Å². The molecule has 2 aromatic rings. The van der Waals surface area contributed by atoms with E-state index in [4.69, 9.17) is 0 Å². The van der Waals surface area contributed by atoms with E-state index < -0.39 is 6.61 Å². The van der Waals surface area contributed by atoms with E-state index >= 15 is 0 Å². The van der Waals surface area contributed by atoms with Gasteiger partial charge in [0.15, 0.2) is 0 Å². The number of halogens is 2. The third-order valence-electron chi connectivity index (χ3n) is 4.50. The van der Waals surface area contributed by atoms with E-state index in [9.17, 15) is 18.4 Å². The molecule has 0 aliphatic carbocycles. The molecule has 2 amide bonds. The minimum absolute atomic E-state index is 0.0231. The molecule has 1 fully saturated rings. The largest absolute Gasteiger partial charge is 0.435 e. The Kier molecular flexibility index (Phi) is 6.39. The average Bonchev–Trinajstić information content (AvgIpc) is 3.21. The standard InChI is InChI=1S/C19H20F2N2O3S/c20-19(21)26-15-5-3-13(4-6-15)12-22-17(24)14-7-9-23(10-8-14)18(25)16-2-1-11-27-16/h1-6,11,14,19H,7-10,12H2,(H,22,24). The summed E-state index contributed by atoms with van der Waals surface area (Å²) in [7, 11) is 0. The Labute approximate surface area is 159 Å². The Bertz CT molecular complexity index is 758. The maximum absolute atomic E-state index is 12.4. The van der Waals surface area contributed by atoms with Gasteiger partial charge in [-0.2, -0.15) is 8.78 Å². The summed E-state index contributed by atoms with van der Waals surface area (Å²) >= 11 is 1.42. The third-order valence-corrected chi connectivity index (χ3v) is 5.36. The van der Waals surface area contributed by atoms with Crippen LogP contribution in [-0.4, -0.2) is 36.4 Å². The van der Waals surface area contributed by atoms with Crippen LogP contribution in [-0.2, 0) is 11.3 Å². The van der Waals surface area contributed by atoms with Crippen LogP contribution in [0.4, 0.5) is 8.78 Å². The number of hydrogen-bond donors (Lipinski definition) is 1. The first kappa shape index (κ1) is 19.3. The molecule has 0 bridgehead atoms. The lowest BCUT2D eigenvalue weighted by Crippen LogP contribution is -2.42. The lowest BCUT2D eigenvalue weighted by atomic mass is 9.95. The number of likely N-dealkylation sites (tertiary alicyclic amines) is 1. The fraction of sp³-hybridized carbons (Fsp3) is 0.368. The van der Waals surface area contributed by atoms with Crippen LogP contribution in [0.25, 0.3) is 0 Å². The van der Waals surface area contributed by atoms with Crippen molar-refractivity contribution in [1.82, 2.24) is 10.2 Å². The lowest BCUT2D eigenvalue weighted by Gasteiger charge is -2.31. The summed E-state index contributed by atoms with van der Waals surface area (Å²) in [6, 6.07) is 9.83. The van der Waals surface area contributed by atoms with Crippen LogP contribution >= 0.6 is 11.3 Å². The molecule has 27 heavy (non-hydrogen) atoms. The zero-order chi connectivity index (χ0) is 19.2. The number of hydrogen-bond acceptors (Lipinski definition) is 4. The summed E-state index contributed by atoms with van der Waals surface area (Å²) in [5, 5.41) is 4.75. The van der Waals surface area contributed by atoms with Gasteiger partial charge < -0.3 is 15.0 Å². The smallest absolute Gasteiger partial charge is 0.387 e. The SMILES string of the molecule is O=C(NCc1ccc(OC(F)F)cc1)C1CCN(C(=O)c2cccs2)CC1. The number of thiophene rings is 1. The zero-order valence-electron chi connectivity index (χ0n) is 14.6. The van der Waals surface area contributed by atoms with Crippen molar-refractivity contribution in [3.63, 3.8) is 0 Å². The van der Waals surface area contributed by atoms with Crippen molar-refractivity contribution in [2.75, 3.05) is 13.1 Å². The fourth-order valence-electron chi connectivity index (χ4n) is 3.02. The first-order valence-corrected chi connectivity index (χ1v) is 9.55. The van der Waals surface area contributed by atoms with Crippen molar-refractivity contribution >= 4 is 23.2 Å². The second kappa shape index (κ2) is 8.94. The molecule has 3 rings (SSSR count). The molecule has 1 aliphatic heterocycles. The van der Waals surface area contributed by atoms with Gasteiger partial charge in [0, 0.05) is 25.6 Å². The first-order valence-electron chi connectivity index (χ1n) is 8.67. The summed E-state index contributed by atoms with van der Waals surface area (Å²) < 4.78 is 28.6. The highest BCUT2D eigenvalue weighted by Crippen LogP contribution is 2.21. The molecule has 0 unspecified atom stereocenters.